The normalized spacial score (nSPS) is 11.1. The lowest BCUT2D eigenvalue weighted by molar-refractivity contribution is 0.0914. The van der Waals surface area contributed by atoms with Crippen LogP contribution in [0, 0.1) is 6.92 Å². The zero-order chi connectivity index (χ0) is 16.3. The Balaban J connectivity index is 2.17. The first-order valence-corrected chi connectivity index (χ1v) is 7.72. The number of nitrogens with one attached hydrogen (secondary N) is 2. The lowest BCUT2D eigenvalue weighted by Gasteiger charge is -2.20. The van der Waals surface area contributed by atoms with Crippen molar-refractivity contribution in [3.63, 3.8) is 0 Å². The van der Waals surface area contributed by atoms with E-state index >= 15 is 0 Å². The third kappa shape index (κ3) is 4.53. The van der Waals surface area contributed by atoms with Gasteiger partial charge in [-0.15, -0.1) is 0 Å². The van der Waals surface area contributed by atoms with Gasteiger partial charge < -0.3 is 10.6 Å². The molecular formula is C16H19BrN4O. The van der Waals surface area contributed by atoms with Gasteiger partial charge >= 0.3 is 0 Å². The Labute approximate surface area is 138 Å². The molecule has 1 aromatic carbocycles. The summed E-state index contributed by atoms with van der Waals surface area (Å²) in [5, 5.41) is 6.05. The molecule has 0 radical (unpaired) electrons. The minimum absolute atomic E-state index is 0.219. The Morgan fingerprint density at radius 1 is 1.18 bits per heavy atom. The van der Waals surface area contributed by atoms with Crippen LogP contribution in [0.2, 0.25) is 0 Å². The number of carbonyl (C=O) groups excluding carboxylic acids is 1. The quantitative estimate of drug-likeness (QED) is 0.870. The molecule has 1 aromatic heterocycles. The molecule has 0 atom stereocenters. The molecule has 2 aromatic rings. The van der Waals surface area contributed by atoms with E-state index in [1.165, 1.54) is 6.33 Å². The molecule has 5 nitrogen and oxygen atoms in total. The average Bonchev–Trinajstić information content (AvgIpc) is 2.41. The van der Waals surface area contributed by atoms with E-state index in [1.807, 2.05) is 45.9 Å². The third-order valence-electron chi connectivity index (χ3n) is 2.83. The van der Waals surface area contributed by atoms with Crippen LogP contribution in [-0.2, 0) is 0 Å². The van der Waals surface area contributed by atoms with Crippen LogP contribution in [0.1, 0.15) is 36.8 Å². The number of benzene rings is 1. The molecule has 0 spiro atoms. The Morgan fingerprint density at radius 3 is 2.55 bits per heavy atom. The summed E-state index contributed by atoms with van der Waals surface area (Å²) in [6, 6.07) is 7.55. The first-order valence-electron chi connectivity index (χ1n) is 6.92. The number of hydrogen-bond donors (Lipinski definition) is 2. The Hall–Kier alpha value is -1.95. The van der Waals surface area contributed by atoms with Crippen molar-refractivity contribution in [2.45, 2.75) is 33.2 Å². The first kappa shape index (κ1) is 16.4. The van der Waals surface area contributed by atoms with Crippen LogP contribution in [0.5, 0.6) is 0 Å². The number of nitrogens with zero attached hydrogens (tertiary/aromatic N) is 2. The first-order chi connectivity index (χ1) is 10.2. The van der Waals surface area contributed by atoms with E-state index in [2.05, 4.69) is 36.5 Å². The maximum Gasteiger partial charge on any atom is 0.270 e. The van der Waals surface area contributed by atoms with Gasteiger partial charge in [-0.25, -0.2) is 9.97 Å². The molecule has 0 aliphatic carbocycles. The van der Waals surface area contributed by atoms with Gasteiger partial charge in [0.05, 0.1) is 0 Å². The molecule has 0 unspecified atom stereocenters. The van der Waals surface area contributed by atoms with Crippen molar-refractivity contribution in [2.24, 2.45) is 0 Å². The van der Waals surface area contributed by atoms with Gasteiger partial charge in [0.1, 0.15) is 17.8 Å². The molecule has 1 amide bonds. The minimum atomic E-state index is -0.308. The topological polar surface area (TPSA) is 66.9 Å². The second-order valence-corrected chi connectivity index (χ2v) is 6.94. The number of rotatable bonds is 3. The van der Waals surface area contributed by atoms with E-state index in [-0.39, 0.29) is 11.4 Å². The fourth-order valence-corrected chi connectivity index (χ4v) is 2.15. The van der Waals surface area contributed by atoms with E-state index in [9.17, 15) is 4.79 Å². The molecule has 0 saturated heterocycles. The van der Waals surface area contributed by atoms with Crippen LogP contribution in [0.3, 0.4) is 0 Å². The largest absolute Gasteiger partial charge is 0.346 e. The lowest BCUT2D eigenvalue weighted by atomic mass is 10.1. The van der Waals surface area contributed by atoms with Crippen molar-refractivity contribution in [1.82, 2.24) is 15.3 Å². The van der Waals surface area contributed by atoms with Gasteiger partial charge in [-0.05, 0) is 45.4 Å². The van der Waals surface area contributed by atoms with Crippen LogP contribution in [0.15, 0.2) is 35.1 Å². The Morgan fingerprint density at radius 2 is 1.91 bits per heavy atom. The highest BCUT2D eigenvalue weighted by molar-refractivity contribution is 9.10. The number of anilines is 2. The number of halogens is 1. The van der Waals surface area contributed by atoms with Crippen LogP contribution in [-0.4, -0.2) is 21.4 Å². The molecule has 22 heavy (non-hydrogen) atoms. The fraction of sp³-hybridized carbons (Fsp3) is 0.312. The second-order valence-electron chi connectivity index (χ2n) is 6.08. The maximum absolute atomic E-state index is 12.1. The summed E-state index contributed by atoms with van der Waals surface area (Å²) in [4.78, 5) is 20.3. The van der Waals surface area contributed by atoms with E-state index in [1.54, 1.807) is 6.07 Å². The Bertz CT molecular complexity index is 695. The molecule has 116 valence electrons. The van der Waals surface area contributed by atoms with Crippen LogP contribution in [0.25, 0.3) is 0 Å². The van der Waals surface area contributed by atoms with Crippen molar-refractivity contribution in [1.29, 1.82) is 0 Å². The monoisotopic (exact) mass is 362 g/mol. The lowest BCUT2D eigenvalue weighted by Crippen LogP contribution is -2.40. The van der Waals surface area contributed by atoms with Crippen LogP contribution in [0.4, 0.5) is 11.5 Å². The predicted octanol–water partition coefficient (Wildman–Crippen LogP) is 3.82. The van der Waals surface area contributed by atoms with Gasteiger partial charge in [-0.2, -0.15) is 0 Å². The summed E-state index contributed by atoms with van der Waals surface area (Å²) in [7, 11) is 0. The van der Waals surface area contributed by atoms with E-state index in [0.717, 1.165) is 15.7 Å². The third-order valence-corrected chi connectivity index (χ3v) is 3.69. The highest BCUT2D eigenvalue weighted by atomic mass is 79.9. The maximum atomic E-state index is 12.1. The molecule has 6 heteroatoms. The van der Waals surface area contributed by atoms with Crippen molar-refractivity contribution in [3.8, 4) is 0 Å². The van der Waals surface area contributed by atoms with Gasteiger partial charge in [0.2, 0.25) is 0 Å². The molecule has 0 aliphatic heterocycles. The van der Waals surface area contributed by atoms with Crippen LogP contribution >= 0.6 is 15.9 Å². The number of hydrogen-bond acceptors (Lipinski definition) is 4. The van der Waals surface area contributed by atoms with E-state index < -0.39 is 0 Å². The molecule has 0 aliphatic rings. The van der Waals surface area contributed by atoms with Gasteiger partial charge in [0.15, 0.2) is 0 Å². The number of aryl methyl sites for hydroxylation is 1. The smallest absolute Gasteiger partial charge is 0.270 e. The summed E-state index contributed by atoms with van der Waals surface area (Å²) >= 11 is 3.49. The standard InChI is InChI=1S/C16H19BrN4O/c1-10-5-6-11(7-12(10)17)20-14-8-13(18-9-19-14)15(22)21-16(2,3)4/h5-9H,1-4H3,(H,21,22)(H,18,19,20). The minimum Gasteiger partial charge on any atom is -0.346 e. The summed E-state index contributed by atoms with van der Waals surface area (Å²) in [6.07, 6.45) is 1.38. The SMILES string of the molecule is Cc1ccc(Nc2cc(C(=O)NC(C)(C)C)ncn2)cc1Br. The molecule has 0 fully saturated rings. The zero-order valence-electron chi connectivity index (χ0n) is 13.1. The van der Waals surface area contributed by atoms with Gasteiger partial charge in [-0.1, -0.05) is 22.0 Å². The van der Waals surface area contributed by atoms with Gasteiger partial charge in [0, 0.05) is 21.8 Å². The fourth-order valence-electron chi connectivity index (χ4n) is 1.77. The number of carbonyl (C=O) groups is 1. The molecule has 1 heterocycles. The molecule has 0 saturated carbocycles. The summed E-state index contributed by atoms with van der Waals surface area (Å²) in [6.45, 7) is 7.80. The summed E-state index contributed by atoms with van der Waals surface area (Å²) in [5.41, 5.74) is 2.06. The molecule has 2 rings (SSSR count). The average molecular weight is 363 g/mol. The highest BCUT2D eigenvalue weighted by Crippen LogP contribution is 2.23. The van der Waals surface area contributed by atoms with Crippen molar-refractivity contribution in [2.75, 3.05) is 5.32 Å². The van der Waals surface area contributed by atoms with Crippen molar-refractivity contribution in [3.05, 3.63) is 46.3 Å². The number of amides is 1. The van der Waals surface area contributed by atoms with E-state index in [4.69, 9.17) is 0 Å². The summed E-state index contributed by atoms with van der Waals surface area (Å²) < 4.78 is 1.01. The van der Waals surface area contributed by atoms with Crippen molar-refractivity contribution >= 4 is 33.3 Å². The van der Waals surface area contributed by atoms with Gasteiger partial charge in [-0.3, -0.25) is 4.79 Å². The van der Waals surface area contributed by atoms with Crippen molar-refractivity contribution < 1.29 is 4.79 Å². The van der Waals surface area contributed by atoms with Gasteiger partial charge in [0.25, 0.3) is 5.91 Å². The second kappa shape index (κ2) is 6.44. The highest BCUT2D eigenvalue weighted by Gasteiger charge is 2.16. The zero-order valence-corrected chi connectivity index (χ0v) is 14.7. The molecular weight excluding hydrogens is 344 g/mol. The molecule has 0 bridgehead atoms. The number of aromatic nitrogens is 2. The predicted molar refractivity (Wildman–Crippen MR) is 91.4 cm³/mol. The van der Waals surface area contributed by atoms with Crippen LogP contribution < -0.4 is 10.6 Å². The molecule has 2 N–H and O–H groups in total. The Kier molecular flexibility index (Phi) is 4.81. The van der Waals surface area contributed by atoms with E-state index in [0.29, 0.717) is 11.5 Å². The summed E-state index contributed by atoms with van der Waals surface area (Å²) in [5.74, 6) is 0.354.